The summed E-state index contributed by atoms with van der Waals surface area (Å²) in [6.45, 7) is 14.7. The number of methoxy groups -OCH3 is 1. The number of fused-ring (bicyclic) bond motifs is 7. The third-order valence-corrected chi connectivity index (χ3v) is 12.5. The SMILES string of the molecule is C=CC=N/C(=C/c1c2c3cc(c(F)cc3n1CC)N1CCOC(CC3/C(=[N+]4/CCCC(N4)C(=O)OCC(C)(C)C2)N3C(=O)CN(C)C(=O)C2(F)CCNCC2)C1)C(C)OC. The van der Waals surface area contributed by atoms with Crippen LogP contribution < -0.4 is 15.6 Å². The van der Waals surface area contributed by atoms with Gasteiger partial charge in [-0.05, 0) is 63.9 Å². The van der Waals surface area contributed by atoms with Crippen LogP contribution in [-0.4, -0.2) is 145 Å². The third kappa shape index (κ3) is 8.87. The van der Waals surface area contributed by atoms with Gasteiger partial charge in [-0.25, -0.2) is 23.8 Å². The number of ether oxygens (including phenoxy) is 3. The Bertz CT molecular complexity index is 2090. The number of morpholine rings is 1. The van der Waals surface area contributed by atoms with Gasteiger partial charge in [0.2, 0.25) is 6.04 Å². The smallest absolute Gasteiger partial charge is 0.332 e. The minimum Gasteiger partial charge on any atom is -0.463 e. The summed E-state index contributed by atoms with van der Waals surface area (Å²) in [5.41, 5.74) is 4.48. The first-order valence-corrected chi connectivity index (χ1v) is 21.3. The number of hydrogen-bond donors (Lipinski definition) is 2. The fraction of sp³-hybridized carbons (Fsp3) is 0.614. The molecule has 0 saturated carbocycles. The van der Waals surface area contributed by atoms with Crippen molar-refractivity contribution in [3.05, 3.63) is 47.6 Å². The van der Waals surface area contributed by atoms with Crippen LogP contribution in [0.15, 0.2) is 35.5 Å². The highest BCUT2D eigenvalue weighted by atomic mass is 19.1. The van der Waals surface area contributed by atoms with Crippen LogP contribution in [-0.2, 0) is 41.6 Å². The first-order valence-electron chi connectivity index (χ1n) is 21.3. The molecule has 60 heavy (non-hydrogen) atoms. The van der Waals surface area contributed by atoms with E-state index in [0.29, 0.717) is 88.8 Å². The second-order valence-electron chi connectivity index (χ2n) is 17.5. The number of cyclic esters (lactones) is 1. The molecule has 5 aliphatic rings. The van der Waals surface area contributed by atoms with Crippen LogP contribution in [0.25, 0.3) is 17.0 Å². The fourth-order valence-corrected chi connectivity index (χ4v) is 9.17. The number of rotatable bonds is 9. The maximum Gasteiger partial charge on any atom is 0.332 e. The molecule has 4 saturated heterocycles. The van der Waals surface area contributed by atoms with Gasteiger partial charge in [0.15, 0.2) is 11.7 Å². The average molecular weight is 836 g/mol. The number of aliphatic imine (C=N–C) groups is 1. The van der Waals surface area contributed by atoms with Crippen molar-refractivity contribution in [3.63, 3.8) is 0 Å². The number of hydrazone groups is 1. The van der Waals surface area contributed by atoms with E-state index in [1.165, 1.54) is 11.9 Å². The van der Waals surface area contributed by atoms with Crippen LogP contribution >= 0.6 is 0 Å². The van der Waals surface area contributed by atoms with E-state index in [9.17, 15) is 14.4 Å². The summed E-state index contributed by atoms with van der Waals surface area (Å²) >= 11 is 0. The highest BCUT2D eigenvalue weighted by molar-refractivity contribution is 6.13. The molecule has 5 aliphatic heterocycles. The van der Waals surface area contributed by atoms with Crippen molar-refractivity contribution < 1.29 is 42.1 Å². The molecule has 0 aliphatic carbocycles. The van der Waals surface area contributed by atoms with Crippen molar-refractivity contribution in [1.82, 2.24) is 25.1 Å². The summed E-state index contributed by atoms with van der Waals surface area (Å²) in [5.74, 6) is -1.15. The van der Waals surface area contributed by atoms with Gasteiger partial charge in [-0.2, -0.15) is 9.58 Å². The Balaban J connectivity index is 1.26. The number of likely N-dealkylation sites (N-methyl/N-ethyl adjacent to an activating group) is 1. The average Bonchev–Trinajstić information content (AvgIpc) is 3.89. The lowest BCUT2D eigenvalue weighted by Crippen LogP contribution is -2.52. The van der Waals surface area contributed by atoms with Gasteiger partial charge in [0, 0.05) is 81.8 Å². The monoisotopic (exact) mass is 835 g/mol. The summed E-state index contributed by atoms with van der Waals surface area (Å²) in [7, 11) is 3.09. The van der Waals surface area contributed by atoms with E-state index in [1.807, 2.05) is 35.6 Å². The lowest BCUT2D eigenvalue weighted by Gasteiger charge is -2.34. The molecule has 1 aromatic carbocycles. The molecule has 6 bridgehead atoms. The summed E-state index contributed by atoms with van der Waals surface area (Å²) in [6.07, 6.45) is 6.73. The molecule has 1 aromatic heterocycles. The van der Waals surface area contributed by atoms with E-state index in [-0.39, 0.29) is 49.9 Å². The van der Waals surface area contributed by atoms with Crippen LogP contribution in [0.3, 0.4) is 0 Å². The quantitative estimate of drug-likeness (QED) is 0.167. The van der Waals surface area contributed by atoms with E-state index in [2.05, 4.69) is 40.7 Å². The number of esters is 1. The topological polar surface area (TPSA) is 133 Å². The predicted molar refractivity (Wildman–Crippen MR) is 226 cm³/mol. The lowest BCUT2D eigenvalue weighted by molar-refractivity contribution is -0.600. The molecule has 2 aromatic rings. The fourth-order valence-electron chi connectivity index (χ4n) is 9.17. The zero-order valence-corrected chi connectivity index (χ0v) is 35.9. The van der Waals surface area contributed by atoms with Crippen molar-refractivity contribution in [2.45, 2.75) is 103 Å². The third-order valence-electron chi connectivity index (χ3n) is 12.5. The van der Waals surface area contributed by atoms with Gasteiger partial charge in [0.05, 0.1) is 42.3 Å². The number of piperidine rings is 1. The molecule has 7 rings (SSSR count). The normalized spacial score (nSPS) is 26.2. The highest BCUT2D eigenvalue weighted by Gasteiger charge is 2.61. The molecule has 6 heterocycles. The van der Waals surface area contributed by atoms with Gasteiger partial charge in [0.25, 0.3) is 5.91 Å². The van der Waals surface area contributed by atoms with Crippen molar-refractivity contribution in [3.8, 4) is 0 Å². The van der Waals surface area contributed by atoms with Crippen molar-refractivity contribution >= 4 is 52.5 Å². The molecular weight excluding hydrogens is 775 g/mol. The number of amidine groups is 1. The highest BCUT2D eigenvalue weighted by Crippen LogP contribution is 2.39. The van der Waals surface area contributed by atoms with Crippen molar-refractivity contribution in [1.29, 1.82) is 0 Å². The zero-order valence-electron chi connectivity index (χ0n) is 35.9. The van der Waals surface area contributed by atoms with Crippen molar-refractivity contribution in [2.75, 3.05) is 71.5 Å². The number of aryl methyl sites for hydroxylation is 1. The lowest BCUT2D eigenvalue weighted by atomic mass is 9.85. The van der Waals surface area contributed by atoms with E-state index < -0.39 is 35.0 Å². The number of nitrogens with one attached hydrogen (secondary N) is 2. The Labute approximate surface area is 351 Å². The summed E-state index contributed by atoms with van der Waals surface area (Å²) in [6, 6.07) is 2.47. The van der Waals surface area contributed by atoms with Crippen LogP contribution in [0.1, 0.15) is 71.1 Å². The molecule has 16 heteroatoms. The number of nitrogens with zero attached hydrogens (tertiary/aromatic N) is 6. The number of hydrogen-bond acceptors (Lipinski definition) is 10. The number of carbonyl (C=O) groups is 3. The number of benzene rings is 1. The van der Waals surface area contributed by atoms with Crippen LogP contribution in [0.2, 0.25) is 0 Å². The van der Waals surface area contributed by atoms with Crippen molar-refractivity contribution in [2.24, 2.45) is 10.4 Å². The Morgan fingerprint density at radius 1 is 1.25 bits per heavy atom. The molecule has 0 spiro atoms. The second kappa shape index (κ2) is 17.7. The number of carbonyl (C=O) groups excluding carboxylic acids is 3. The van der Waals surface area contributed by atoms with Gasteiger partial charge in [0.1, 0.15) is 18.9 Å². The van der Waals surface area contributed by atoms with Gasteiger partial charge in [-0.1, -0.05) is 26.5 Å². The summed E-state index contributed by atoms with van der Waals surface area (Å²) in [5, 5.41) is 3.97. The molecule has 14 nitrogen and oxygen atoms in total. The molecule has 326 valence electrons. The molecule has 4 unspecified atom stereocenters. The second-order valence-corrected chi connectivity index (χ2v) is 17.5. The number of alkyl halides is 1. The number of allylic oxidation sites excluding steroid dienone is 1. The molecule has 2 N–H and O–H groups in total. The molecular formula is C44H61F2N8O6+. The number of hydrazine groups is 1. The predicted octanol–water partition coefficient (Wildman–Crippen LogP) is 3.99. The summed E-state index contributed by atoms with van der Waals surface area (Å²) < 4.78 is 54.2. The van der Waals surface area contributed by atoms with Crippen LogP contribution in [0.4, 0.5) is 14.5 Å². The minimum absolute atomic E-state index is 0.0488. The van der Waals surface area contributed by atoms with Gasteiger partial charge < -0.3 is 33.9 Å². The molecule has 4 fully saturated rings. The standard InChI is InChI=1S/C44H61F2N8O6/c1-8-14-48-34(28(3)58-7)23-36-31-24-43(4,5)27-60-41(56)33-11-10-17-53(49-33)40-38(54(40)39(55)26-50(6)42(57)44(46)12-15-47-16-13-44)20-29-25-51(18-19-59-29)37-21-30(31)35(22-32(37)45)52(36)9-2/h8,14,21-23,28-29,33,38,47,49H,1,9-13,15-20,24-27H2,2-7H3/q+1/b34-23+,48-14?. The number of amides is 2. The van der Waals surface area contributed by atoms with E-state index >= 15 is 8.78 Å². The summed E-state index contributed by atoms with van der Waals surface area (Å²) in [4.78, 5) is 50.6. The maximum absolute atomic E-state index is 16.5. The zero-order chi connectivity index (χ0) is 42.9. The van der Waals surface area contributed by atoms with E-state index in [0.717, 1.165) is 22.2 Å². The van der Waals surface area contributed by atoms with E-state index in [1.54, 1.807) is 30.4 Å². The van der Waals surface area contributed by atoms with Gasteiger partial charge in [-0.15, -0.1) is 0 Å². The Morgan fingerprint density at radius 3 is 2.73 bits per heavy atom. The number of aromatic nitrogens is 1. The largest absolute Gasteiger partial charge is 0.463 e. The maximum atomic E-state index is 16.5. The Kier molecular flexibility index (Phi) is 12.8. The Hall–Kier alpha value is -4.67. The van der Waals surface area contributed by atoms with Gasteiger partial charge >= 0.3 is 17.7 Å². The van der Waals surface area contributed by atoms with Gasteiger partial charge in [-0.3, -0.25) is 9.79 Å². The molecule has 0 radical (unpaired) electrons. The number of anilines is 1. The van der Waals surface area contributed by atoms with E-state index in [4.69, 9.17) is 14.2 Å². The Morgan fingerprint density at radius 2 is 2.02 bits per heavy atom. The minimum atomic E-state index is -2.02. The first kappa shape index (κ1) is 43.4. The van der Waals surface area contributed by atoms with Crippen LogP contribution in [0.5, 0.6) is 0 Å². The van der Waals surface area contributed by atoms with Crippen LogP contribution in [0, 0.1) is 11.2 Å². The first-order chi connectivity index (χ1) is 28.7. The molecule has 4 atom stereocenters. The number of halogens is 2. The molecule has 2 amide bonds.